The van der Waals surface area contributed by atoms with E-state index in [1.165, 1.54) is 0 Å². The smallest absolute Gasteiger partial charge is 0.237 e. The molecule has 1 aromatic heterocycles. The fourth-order valence-corrected chi connectivity index (χ4v) is 1.97. The summed E-state index contributed by atoms with van der Waals surface area (Å²) in [5.74, 6) is -0.0806. The Bertz CT molecular complexity index is 324. The summed E-state index contributed by atoms with van der Waals surface area (Å²) in [6.45, 7) is 4.49. The topological polar surface area (TPSA) is 68.0 Å². The second-order valence-electron chi connectivity index (χ2n) is 3.46. The van der Waals surface area contributed by atoms with Gasteiger partial charge in [-0.2, -0.15) is 0 Å². The molecular weight excluding hydrogens is 210 g/mol. The van der Waals surface area contributed by atoms with Gasteiger partial charge in [0.25, 0.3) is 0 Å². The molecule has 0 aromatic carbocycles. The van der Waals surface area contributed by atoms with Crippen LogP contribution in [0.3, 0.4) is 0 Å². The summed E-state index contributed by atoms with van der Waals surface area (Å²) < 4.78 is 0. The molecule has 1 amide bonds. The van der Waals surface area contributed by atoms with Crippen molar-refractivity contribution in [2.75, 3.05) is 0 Å². The lowest BCUT2D eigenvalue weighted by Gasteiger charge is -2.09. The number of aromatic nitrogens is 1. The molecule has 1 atom stereocenters. The number of aryl methyl sites for hydroxylation is 1. The molecular formula is C10H17N3OS. The molecule has 0 saturated carbocycles. The standard InChI is InChI=1S/C10H17N3OS/c1-3-4-9(11)10(14)13-6-8-5-12-7(2)15-8/h5,9H,3-4,6,11H2,1-2H3,(H,13,14)/t9-/m0/s1. The van der Waals surface area contributed by atoms with Crippen molar-refractivity contribution in [2.45, 2.75) is 39.3 Å². The molecule has 0 aliphatic rings. The van der Waals surface area contributed by atoms with Crippen molar-refractivity contribution in [3.63, 3.8) is 0 Å². The van der Waals surface area contributed by atoms with Crippen molar-refractivity contribution in [3.8, 4) is 0 Å². The SMILES string of the molecule is CCC[C@H](N)C(=O)NCc1cnc(C)s1. The van der Waals surface area contributed by atoms with Crippen LogP contribution in [0, 0.1) is 6.92 Å². The monoisotopic (exact) mass is 227 g/mol. The molecule has 1 rings (SSSR count). The van der Waals surface area contributed by atoms with Gasteiger partial charge in [0.2, 0.25) is 5.91 Å². The third kappa shape index (κ3) is 3.97. The van der Waals surface area contributed by atoms with Crippen LogP contribution in [-0.4, -0.2) is 16.9 Å². The van der Waals surface area contributed by atoms with E-state index in [2.05, 4.69) is 10.3 Å². The molecule has 1 heterocycles. The highest BCUT2D eigenvalue weighted by Gasteiger charge is 2.11. The van der Waals surface area contributed by atoms with Crippen molar-refractivity contribution in [1.29, 1.82) is 0 Å². The molecule has 5 heteroatoms. The zero-order chi connectivity index (χ0) is 11.3. The van der Waals surface area contributed by atoms with Crippen LogP contribution >= 0.6 is 11.3 Å². The van der Waals surface area contributed by atoms with Crippen LogP contribution in [0.4, 0.5) is 0 Å². The Morgan fingerprint density at radius 3 is 3.00 bits per heavy atom. The van der Waals surface area contributed by atoms with Crippen molar-refractivity contribution < 1.29 is 4.79 Å². The number of rotatable bonds is 5. The van der Waals surface area contributed by atoms with Gasteiger partial charge in [0, 0.05) is 11.1 Å². The number of hydrogen-bond donors (Lipinski definition) is 2. The van der Waals surface area contributed by atoms with Gasteiger partial charge < -0.3 is 11.1 Å². The van der Waals surface area contributed by atoms with Crippen molar-refractivity contribution in [2.24, 2.45) is 5.73 Å². The molecule has 0 spiro atoms. The Kier molecular flexibility index (Phi) is 4.71. The van der Waals surface area contributed by atoms with E-state index in [0.29, 0.717) is 6.54 Å². The van der Waals surface area contributed by atoms with Crippen LogP contribution in [0.15, 0.2) is 6.20 Å². The Balaban J connectivity index is 2.34. The average molecular weight is 227 g/mol. The summed E-state index contributed by atoms with van der Waals surface area (Å²) in [5, 5.41) is 3.81. The number of nitrogens with one attached hydrogen (secondary N) is 1. The van der Waals surface area contributed by atoms with Crippen LogP contribution in [0.2, 0.25) is 0 Å². The molecule has 15 heavy (non-hydrogen) atoms. The Hall–Kier alpha value is -0.940. The van der Waals surface area contributed by atoms with Gasteiger partial charge in [0.15, 0.2) is 0 Å². The third-order valence-electron chi connectivity index (χ3n) is 2.04. The maximum Gasteiger partial charge on any atom is 0.237 e. The predicted molar refractivity (Wildman–Crippen MR) is 61.6 cm³/mol. The molecule has 84 valence electrons. The van der Waals surface area contributed by atoms with E-state index < -0.39 is 0 Å². The lowest BCUT2D eigenvalue weighted by Crippen LogP contribution is -2.39. The highest BCUT2D eigenvalue weighted by Crippen LogP contribution is 2.10. The number of carbonyl (C=O) groups excluding carboxylic acids is 1. The quantitative estimate of drug-likeness (QED) is 0.794. The number of carbonyl (C=O) groups is 1. The summed E-state index contributed by atoms with van der Waals surface area (Å²) in [5.41, 5.74) is 5.67. The van der Waals surface area contributed by atoms with Gasteiger partial charge in [0.05, 0.1) is 17.6 Å². The first kappa shape index (κ1) is 12.1. The zero-order valence-corrected chi connectivity index (χ0v) is 9.93. The third-order valence-corrected chi connectivity index (χ3v) is 2.96. The van der Waals surface area contributed by atoms with Crippen molar-refractivity contribution in [1.82, 2.24) is 10.3 Å². The molecule has 0 saturated heterocycles. The molecule has 3 N–H and O–H groups in total. The van der Waals surface area contributed by atoms with Gasteiger partial charge in [-0.1, -0.05) is 13.3 Å². The van der Waals surface area contributed by atoms with Crippen LogP contribution in [0.1, 0.15) is 29.7 Å². The summed E-state index contributed by atoms with van der Waals surface area (Å²) in [7, 11) is 0. The highest BCUT2D eigenvalue weighted by atomic mass is 32.1. The van der Waals surface area contributed by atoms with Crippen LogP contribution in [0.5, 0.6) is 0 Å². The minimum absolute atomic E-state index is 0.0806. The lowest BCUT2D eigenvalue weighted by molar-refractivity contribution is -0.122. The second-order valence-corrected chi connectivity index (χ2v) is 4.78. The Labute approximate surface area is 93.9 Å². The van der Waals surface area contributed by atoms with Crippen LogP contribution in [0.25, 0.3) is 0 Å². The highest BCUT2D eigenvalue weighted by molar-refractivity contribution is 7.11. The number of nitrogens with zero attached hydrogens (tertiary/aromatic N) is 1. The van der Waals surface area contributed by atoms with E-state index in [1.807, 2.05) is 13.8 Å². The van der Waals surface area contributed by atoms with Gasteiger partial charge in [-0.25, -0.2) is 4.98 Å². The summed E-state index contributed by atoms with van der Waals surface area (Å²) in [6.07, 6.45) is 3.44. The zero-order valence-electron chi connectivity index (χ0n) is 9.12. The van der Waals surface area contributed by atoms with Gasteiger partial charge in [-0.05, 0) is 13.3 Å². The van der Waals surface area contributed by atoms with Crippen LogP contribution < -0.4 is 11.1 Å². The van der Waals surface area contributed by atoms with E-state index in [4.69, 9.17) is 5.73 Å². The maximum atomic E-state index is 11.5. The average Bonchev–Trinajstić information content (AvgIpc) is 2.61. The first-order chi connectivity index (χ1) is 7.13. The first-order valence-corrected chi connectivity index (χ1v) is 5.89. The van der Waals surface area contributed by atoms with Crippen LogP contribution in [-0.2, 0) is 11.3 Å². The minimum Gasteiger partial charge on any atom is -0.350 e. The van der Waals surface area contributed by atoms with Gasteiger partial charge in [0.1, 0.15) is 0 Å². The van der Waals surface area contributed by atoms with E-state index in [9.17, 15) is 4.79 Å². The van der Waals surface area contributed by atoms with E-state index >= 15 is 0 Å². The first-order valence-electron chi connectivity index (χ1n) is 5.08. The fraction of sp³-hybridized carbons (Fsp3) is 0.600. The fourth-order valence-electron chi connectivity index (χ4n) is 1.23. The summed E-state index contributed by atoms with van der Waals surface area (Å²) >= 11 is 1.59. The van der Waals surface area contributed by atoms with E-state index in [1.54, 1.807) is 17.5 Å². The molecule has 4 nitrogen and oxygen atoms in total. The van der Waals surface area contributed by atoms with Crippen molar-refractivity contribution in [3.05, 3.63) is 16.1 Å². The number of amides is 1. The Morgan fingerprint density at radius 1 is 1.73 bits per heavy atom. The Morgan fingerprint density at radius 2 is 2.47 bits per heavy atom. The summed E-state index contributed by atoms with van der Waals surface area (Å²) in [4.78, 5) is 16.6. The number of nitrogens with two attached hydrogens (primary N) is 1. The number of thiazole rings is 1. The molecule has 0 aliphatic carbocycles. The molecule has 0 bridgehead atoms. The van der Waals surface area contributed by atoms with Crippen molar-refractivity contribution >= 4 is 17.2 Å². The van der Waals surface area contributed by atoms with E-state index in [0.717, 1.165) is 22.7 Å². The lowest BCUT2D eigenvalue weighted by atomic mass is 10.2. The molecule has 0 radical (unpaired) electrons. The van der Waals surface area contributed by atoms with Gasteiger partial charge in [-0.15, -0.1) is 11.3 Å². The van der Waals surface area contributed by atoms with Gasteiger partial charge >= 0.3 is 0 Å². The second kappa shape index (κ2) is 5.82. The molecule has 0 fully saturated rings. The van der Waals surface area contributed by atoms with Gasteiger partial charge in [-0.3, -0.25) is 4.79 Å². The van der Waals surface area contributed by atoms with E-state index in [-0.39, 0.29) is 11.9 Å². The predicted octanol–water partition coefficient (Wildman–Crippen LogP) is 1.20. The molecule has 0 aliphatic heterocycles. The largest absolute Gasteiger partial charge is 0.350 e. The maximum absolute atomic E-state index is 11.5. The summed E-state index contributed by atoms with van der Waals surface area (Å²) in [6, 6.07) is -0.385. The molecule has 1 aromatic rings. The normalized spacial score (nSPS) is 12.5. The number of hydrogen-bond acceptors (Lipinski definition) is 4. The minimum atomic E-state index is -0.385. The molecule has 0 unspecified atom stereocenters.